The fourth-order valence-corrected chi connectivity index (χ4v) is 4.65. The highest BCUT2D eigenvalue weighted by Gasteiger charge is 2.35. The van der Waals surface area contributed by atoms with Crippen LogP contribution in [-0.2, 0) is 15.8 Å². The van der Waals surface area contributed by atoms with Gasteiger partial charge in [0.1, 0.15) is 0 Å². The Bertz CT molecular complexity index is 687. The van der Waals surface area contributed by atoms with Gasteiger partial charge in [0.2, 0.25) is 10.0 Å². The van der Waals surface area contributed by atoms with Crippen molar-refractivity contribution < 1.29 is 8.42 Å². The number of benzene rings is 1. The summed E-state index contributed by atoms with van der Waals surface area (Å²) in [7, 11) is -3.30. The quantitative estimate of drug-likeness (QED) is 0.872. The third-order valence-electron chi connectivity index (χ3n) is 3.82. The molecule has 2 aromatic rings. The van der Waals surface area contributed by atoms with Gasteiger partial charge in [-0.25, -0.2) is 8.42 Å². The van der Waals surface area contributed by atoms with Gasteiger partial charge in [-0.1, -0.05) is 36.4 Å². The molecule has 21 heavy (non-hydrogen) atoms. The van der Waals surface area contributed by atoms with Gasteiger partial charge in [0.25, 0.3) is 0 Å². The molecular weight excluding hydrogens is 284 g/mol. The molecule has 1 aliphatic heterocycles. The van der Waals surface area contributed by atoms with E-state index < -0.39 is 10.0 Å². The van der Waals surface area contributed by atoms with Crippen LogP contribution in [0.4, 0.5) is 0 Å². The maximum atomic E-state index is 12.7. The van der Waals surface area contributed by atoms with Crippen molar-refractivity contribution in [1.29, 1.82) is 0 Å². The maximum Gasteiger partial charge on any atom is 0.218 e. The molecule has 0 bridgehead atoms. The van der Waals surface area contributed by atoms with E-state index in [1.165, 1.54) is 0 Å². The monoisotopic (exact) mass is 302 g/mol. The number of aromatic nitrogens is 1. The Balaban J connectivity index is 1.84. The van der Waals surface area contributed by atoms with Gasteiger partial charge < -0.3 is 0 Å². The van der Waals surface area contributed by atoms with Gasteiger partial charge in [-0.05, 0) is 30.0 Å². The largest absolute Gasteiger partial charge is 0.264 e. The highest BCUT2D eigenvalue weighted by atomic mass is 32.2. The number of pyridine rings is 1. The molecule has 4 nitrogen and oxygen atoms in total. The number of sulfonamides is 1. The summed E-state index contributed by atoms with van der Waals surface area (Å²) < 4.78 is 27.0. The molecule has 1 saturated heterocycles. The number of rotatable bonds is 4. The zero-order valence-electron chi connectivity index (χ0n) is 11.7. The van der Waals surface area contributed by atoms with Gasteiger partial charge >= 0.3 is 0 Å². The molecule has 110 valence electrons. The second-order valence-electron chi connectivity index (χ2n) is 5.30. The maximum absolute atomic E-state index is 12.7. The molecule has 1 fully saturated rings. The molecule has 1 aliphatic rings. The predicted octanol–water partition coefficient (Wildman–Crippen LogP) is 2.75. The number of hydrogen-bond donors (Lipinski definition) is 0. The standard InChI is InChI=1S/C16H18N2O2S/c19-21(20,13-14-6-2-1-3-7-14)18-11-5-9-16(18)15-8-4-10-17-12-15/h1-4,6-8,10,12,16H,5,9,11,13H2. The van der Waals surface area contributed by atoms with Gasteiger partial charge in [-0.2, -0.15) is 4.31 Å². The van der Waals surface area contributed by atoms with Crippen molar-refractivity contribution in [2.45, 2.75) is 24.6 Å². The summed E-state index contributed by atoms with van der Waals surface area (Å²) in [5.74, 6) is 0.0601. The van der Waals surface area contributed by atoms with Crippen LogP contribution in [0.1, 0.15) is 30.0 Å². The third-order valence-corrected chi connectivity index (χ3v) is 5.67. The van der Waals surface area contributed by atoms with Gasteiger partial charge in [-0.3, -0.25) is 4.98 Å². The summed E-state index contributed by atoms with van der Waals surface area (Å²) in [6.45, 7) is 0.592. The number of nitrogens with zero attached hydrogens (tertiary/aromatic N) is 2. The first-order valence-electron chi connectivity index (χ1n) is 7.10. The minimum absolute atomic E-state index is 0.0601. The lowest BCUT2D eigenvalue weighted by Gasteiger charge is -2.24. The van der Waals surface area contributed by atoms with Crippen molar-refractivity contribution in [3.63, 3.8) is 0 Å². The predicted molar refractivity (Wildman–Crippen MR) is 82.0 cm³/mol. The summed E-state index contributed by atoms with van der Waals surface area (Å²) in [5.41, 5.74) is 1.81. The molecule has 0 aliphatic carbocycles. The Kier molecular flexibility index (Phi) is 4.03. The average Bonchev–Trinajstić information content (AvgIpc) is 2.99. The van der Waals surface area contributed by atoms with Crippen LogP contribution in [0, 0.1) is 0 Å². The van der Waals surface area contributed by atoms with Crippen LogP contribution < -0.4 is 0 Å². The summed E-state index contributed by atoms with van der Waals surface area (Å²) in [6.07, 6.45) is 5.23. The van der Waals surface area contributed by atoms with Gasteiger partial charge in [0.05, 0.1) is 11.8 Å². The van der Waals surface area contributed by atoms with Crippen LogP contribution in [0.15, 0.2) is 54.9 Å². The molecule has 1 atom stereocenters. The third kappa shape index (κ3) is 3.14. The normalized spacial score (nSPS) is 19.7. The van der Waals surface area contributed by atoms with E-state index in [1.54, 1.807) is 16.7 Å². The van der Waals surface area contributed by atoms with E-state index in [9.17, 15) is 8.42 Å². The first kappa shape index (κ1) is 14.2. The Morgan fingerprint density at radius 2 is 1.95 bits per heavy atom. The van der Waals surface area contributed by atoms with Crippen LogP contribution in [-0.4, -0.2) is 24.3 Å². The van der Waals surface area contributed by atoms with E-state index in [2.05, 4.69) is 4.98 Å². The van der Waals surface area contributed by atoms with Crippen LogP contribution in [0.2, 0.25) is 0 Å². The van der Waals surface area contributed by atoms with E-state index in [-0.39, 0.29) is 11.8 Å². The van der Waals surface area contributed by atoms with Crippen LogP contribution in [0.5, 0.6) is 0 Å². The van der Waals surface area contributed by atoms with Crippen molar-refractivity contribution in [3.8, 4) is 0 Å². The molecule has 3 rings (SSSR count). The van der Waals surface area contributed by atoms with Crippen LogP contribution in [0.3, 0.4) is 0 Å². The van der Waals surface area contributed by atoms with E-state index in [0.717, 1.165) is 24.0 Å². The Hall–Kier alpha value is -1.72. The molecule has 5 heteroatoms. The molecule has 0 spiro atoms. The van der Waals surface area contributed by atoms with Gasteiger partial charge in [0, 0.05) is 18.9 Å². The Labute approximate surface area is 125 Å². The van der Waals surface area contributed by atoms with Gasteiger partial charge in [0.15, 0.2) is 0 Å². The van der Waals surface area contributed by atoms with Crippen molar-refractivity contribution >= 4 is 10.0 Å². The molecule has 1 aromatic heterocycles. The lowest BCUT2D eigenvalue weighted by atomic mass is 10.1. The van der Waals surface area contributed by atoms with Crippen molar-refractivity contribution in [1.82, 2.24) is 9.29 Å². The van der Waals surface area contributed by atoms with E-state index >= 15 is 0 Å². The fraction of sp³-hybridized carbons (Fsp3) is 0.312. The molecular formula is C16H18N2O2S. The van der Waals surface area contributed by atoms with Gasteiger partial charge in [-0.15, -0.1) is 0 Å². The molecule has 1 aromatic carbocycles. The minimum atomic E-state index is -3.30. The van der Waals surface area contributed by atoms with E-state index in [1.807, 2.05) is 42.5 Å². The minimum Gasteiger partial charge on any atom is -0.264 e. The topological polar surface area (TPSA) is 50.3 Å². The van der Waals surface area contributed by atoms with Crippen molar-refractivity contribution in [2.24, 2.45) is 0 Å². The number of hydrogen-bond acceptors (Lipinski definition) is 3. The summed E-state index contributed by atoms with van der Waals surface area (Å²) >= 11 is 0. The lowest BCUT2D eigenvalue weighted by molar-refractivity contribution is 0.395. The smallest absolute Gasteiger partial charge is 0.218 e. The molecule has 0 radical (unpaired) electrons. The zero-order chi connectivity index (χ0) is 14.7. The van der Waals surface area contributed by atoms with E-state index in [4.69, 9.17) is 0 Å². The average molecular weight is 302 g/mol. The first-order chi connectivity index (χ1) is 10.2. The summed E-state index contributed by atoms with van der Waals surface area (Å²) in [5, 5.41) is 0. The summed E-state index contributed by atoms with van der Waals surface area (Å²) in [6, 6.07) is 13.1. The highest BCUT2D eigenvalue weighted by molar-refractivity contribution is 7.88. The highest BCUT2D eigenvalue weighted by Crippen LogP contribution is 2.34. The molecule has 0 N–H and O–H groups in total. The SMILES string of the molecule is O=S(=O)(Cc1ccccc1)N1CCCC1c1cccnc1. The van der Waals surface area contributed by atoms with Crippen LogP contribution >= 0.6 is 0 Å². The summed E-state index contributed by atoms with van der Waals surface area (Å²) in [4.78, 5) is 4.11. The molecule has 2 heterocycles. The molecule has 0 saturated carbocycles. The first-order valence-corrected chi connectivity index (χ1v) is 8.71. The second-order valence-corrected chi connectivity index (χ2v) is 7.22. The second kappa shape index (κ2) is 5.95. The Morgan fingerprint density at radius 3 is 2.67 bits per heavy atom. The molecule has 0 amide bonds. The zero-order valence-corrected chi connectivity index (χ0v) is 12.5. The van der Waals surface area contributed by atoms with E-state index in [0.29, 0.717) is 6.54 Å². The fourth-order valence-electron chi connectivity index (χ4n) is 2.85. The van der Waals surface area contributed by atoms with Crippen molar-refractivity contribution in [2.75, 3.05) is 6.54 Å². The Morgan fingerprint density at radius 1 is 1.14 bits per heavy atom. The molecule has 1 unspecified atom stereocenters. The lowest BCUT2D eigenvalue weighted by Crippen LogP contribution is -2.31. The van der Waals surface area contributed by atoms with Crippen molar-refractivity contribution in [3.05, 3.63) is 66.0 Å². The van der Waals surface area contributed by atoms with Crippen LogP contribution in [0.25, 0.3) is 0 Å².